The molecule has 2 heterocycles. The molecule has 0 aliphatic carbocycles. The SMILES string of the molecule is Cc1cc(NC2CCC(=O)NC2=O)ccc1C1=CCN(C(=O)OC(C)(C)C)CC1. The average molecular weight is 399 g/mol. The third kappa shape index (κ3) is 5.37. The summed E-state index contributed by atoms with van der Waals surface area (Å²) < 4.78 is 5.44. The lowest BCUT2D eigenvalue weighted by Crippen LogP contribution is -2.47. The molecule has 1 fully saturated rings. The molecular formula is C22H29N3O4. The second-order valence-electron chi connectivity index (χ2n) is 8.58. The van der Waals surface area contributed by atoms with Crippen molar-refractivity contribution >= 4 is 29.2 Å². The topological polar surface area (TPSA) is 87.7 Å². The molecule has 1 aromatic rings. The van der Waals surface area contributed by atoms with Gasteiger partial charge in [-0.1, -0.05) is 12.1 Å². The molecule has 3 amide bonds. The predicted octanol–water partition coefficient (Wildman–Crippen LogP) is 3.24. The van der Waals surface area contributed by atoms with Crippen molar-refractivity contribution in [2.24, 2.45) is 0 Å². The summed E-state index contributed by atoms with van der Waals surface area (Å²) >= 11 is 0. The molecule has 0 radical (unpaired) electrons. The van der Waals surface area contributed by atoms with Crippen molar-refractivity contribution in [3.63, 3.8) is 0 Å². The highest BCUT2D eigenvalue weighted by Gasteiger charge is 2.27. The molecule has 0 spiro atoms. The highest BCUT2D eigenvalue weighted by Crippen LogP contribution is 2.28. The van der Waals surface area contributed by atoms with Crippen molar-refractivity contribution in [1.82, 2.24) is 10.2 Å². The maximum atomic E-state index is 12.2. The van der Waals surface area contributed by atoms with E-state index in [0.29, 0.717) is 25.9 Å². The van der Waals surface area contributed by atoms with E-state index in [1.165, 1.54) is 5.57 Å². The van der Waals surface area contributed by atoms with E-state index in [1.54, 1.807) is 4.90 Å². The first-order valence-electron chi connectivity index (χ1n) is 10.0. The number of carbonyl (C=O) groups is 3. The van der Waals surface area contributed by atoms with Gasteiger partial charge in [0.1, 0.15) is 11.6 Å². The number of hydrogen-bond donors (Lipinski definition) is 2. The van der Waals surface area contributed by atoms with Gasteiger partial charge in [-0.15, -0.1) is 0 Å². The van der Waals surface area contributed by atoms with Crippen molar-refractivity contribution in [3.8, 4) is 0 Å². The van der Waals surface area contributed by atoms with Crippen molar-refractivity contribution in [3.05, 3.63) is 35.4 Å². The molecule has 7 heteroatoms. The van der Waals surface area contributed by atoms with Gasteiger partial charge in [0.05, 0.1) is 0 Å². The largest absolute Gasteiger partial charge is 0.444 e. The number of ether oxygens (including phenoxy) is 1. The van der Waals surface area contributed by atoms with Crippen LogP contribution in [0.3, 0.4) is 0 Å². The van der Waals surface area contributed by atoms with Crippen molar-refractivity contribution in [1.29, 1.82) is 0 Å². The molecule has 0 saturated carbocycles. The lowest BCUT2D eigenvalue weighted by Gasteiger charge is -2.30. The summed E-state index contributed by atoms with van der Waals surface area (Å²) in [7, 11) is 0. The summed E-state index contributed by atoms with van der Waals surface area (Å²) in [6.07, 6.45) is 3.40. The highest BCUT2D eigenvalue weighted by molar-refractivity contribution is 6.01. The fourth-order valence-electron chi connectivity index (χ4n) is 3.55. The lowest BCUT2D eigenvalue weighted by molar-refractivity contribution is -0.133. The summed E-state index contributed by atoms with van der Waals surface area (Å²) in [6.45, 7) is 8.78. The molecule has 2 aliphatic rings. The third-order valence-corrected chi connectivity index (χ3v) is 5.01. The van der Waals surface area contributed by atoms with Gasteiger partial charge < -0.3 is 15.0 Å². The number of rotatable bonds is 3. The van der Waals surface area contributed by atoms with E-state index >= 15 is 0 Å². The van der Waals surface area contributed by atoms with Gasteiger partial charge >= 0.3 is 6.09 Å². The second kappa shape index (κ2) is 8.27. The molecule has 0 aromatic heterocycles. The van der Waals surface area contributed by atoms with Gasteiger partial charge in [0.15, 0.2) is 0 Å². The smallest absolute Gasteiger partial charge is 0.410 e. The van der Waals surface area contributed by atoms with Crippen LogP contribution < -0.4 is 10.6 Å². The average Bonchev–Trinajstić information content (AvgIpc) is 2.63. The van der Waals surface area contributed by atoms with Gasteiger partial charge in [0.25, 0.3) is 0 Å². The summed E-state index contributed by atoms with van der Waals surface area (Å²) in [4.78, 5) is 37.1. The number of benzene rings is 1. The fraction of sp³-hybridized carbons (Fsp3) is 0.500. The van der Waals surface area contributed by atoms with Crippen LogP contribution in [0, 0.1) is 6.92 Å². The number of hydrogen-bond acceptors (Lipinski definition) is 5. The first-order chi connectivity index (χ1) is 13.6. The van der Waals surface area contributed by atoms with Gasteiger partial charge in [-0.25, -0.2) is 4.79 Å². The molecule has 29 heavy (non-hydrogen) atoms. The minimum atomic E-state index is -0.497. The Labute approximate surface area is 171 Å². The Morgan fingerprint density at radius 3 is 2.59 bits per heavy atom. The Morgan fingerprint density at radius 1 is 1.24 bits per heavy atom. The quantitative estimate of drug-likeness (QED) is 0.762. The van der Waals surface area contributed by atoms with Crippen LogP contribution in [-0.2, 0) is 14.3 Å². The maximum Gasteiger partial charge on any atom is 0.410 e. The summed E-state index contributed by atoms with van der Waals surface area (Å²) in [5, 5.41) is 5.58. The van der Waals surface area contributed by atoms with Crippen molar-refractivity contribution in [2.45, 2.75) is 58.6 Å². The maximum absolute atomic E-state index is 12.2. The molecule has 3 rings (SSSR count). The minimum absolute atomic E-state index is 0.218. The molecule has 1 aromatic carbocycles. The van der Waals surface area contributed by atoms with Gasteiger partial charge in [-0.2, -0.15) is 0 Å². The van der Waals surface area contributed by atoms with Gasteiger partial charge in [0, 0.05) is 25.2 Å². The monoisotopic (exact) mass is 399 g/mol. The third-order valence-electron chi connectivity index (χ3n) is 5.01. The van der Waals surface area contributed by atoms with Crippen molar-refractivity contribution < 1.29 is 19.1 Å². The van der Waals surface area contributed by atoms with Crippen LogP contribution >= 0.6 is 0 Å². The number of carbonyl (C=O) groups excluding carboxylic acids is 3. The summed E-state index contributed by atoms with van der Waals surface area (Å²) in [5.74, 6) is -0.496. The van der Waals surface area contributed by atoms with E-state index in [2.05, 4.69) is 16.7 Å². The molecule has 1 atom stereocenters. The number of amides is 3. The van der Waals surface area contributed by atoms with Crippen LogP contribution in [0.4, 0.5) is 10.5 Å². The Morgan fingerprint density at radius 2 is 2.00 bits per heavy atom. The van der Waals surface area contributed by atoms with E-state index in [1.807, 2.05) is 45.9 Å². The molecule has 0 bridgehead atoms. The number of anilines is 1. The van der Waals surface area contributed by atoms with Crippen LogP contribution in [0.5, 0.6) is 0 Å². The molecule has 2 aliphatic heterocycles. The predicted molar refractivity (Wildman–Crippen MR) is 111 cm³/mol. The standard InChI is InChI=1S/C22H29N3O4/c1-14-13-16(23-18-7-8-19(26)24-20(18)27)5-6-17(14)15-9-11-25(12-10-15)21(28)29-22(2,3)4/h5-6,9,13,18,23H,7-8,10-12H2,1-4H3,(H,24,26,27). The number of nitrogens with zero attached hydrogens (tertiary/aromatic N) is 1. The Kier molecular flexibility index (Phi) is 5.96. The van der Waals surface area contributed by atoms with E-state index in [-0.39, 0.29) is 17.9 Å². The lowest BCUT2D eigenvalue weighted by atomic mass is 9.95. The van der Waals surface area contributed by atoms with Crippen LogP contribution in [0.1, 0.15) is 51.2 Å². The Bertz CT molecular complexity index is 854. The number of aryl methyl sites for hydroxylation is 1. The molecule has 156 valence electrons. The van der Waals surface area contributed by atoms with E-state index in [9.17, 15) is 14.4 Å². The zero-order valence-electron chi connectivity index (χ0n) is 17.5. The van der Waals surface area contributed by atoms with E-state index in [4.69, 9.17) is 4.74 Å². The summed E-state index contributed by atoms with van der Waals surface area (Å²) in [5.41, 5.74) is 3.80. The number of nitrogens with one attached hydrogen (secondary N) is 2. The van der Waals surface area contributed by atoms with Crippen LogP contribution in [0.15, 0.2) is 24.3 Å². The first kappa shape index (κ1) is 20.9. The van der Waals surface area contributed by atoms with Crippen molar-refractivity contribution in [2.75, 3.05) is 18.4 Å². The van der Waals surface area contributed by atoms with Gasteiger partial charge in [-0.05, 0) is 69.4 Å². The highest BCUT2D eigenvalue weighted by atomic mass is 16.6. The van der Waals surface area contributed by atoms with E-state index < -0.39 is 11.6 Å². The second-order valence-corrected chi connectivity index (χ2v) is 8.58. The Hall–Kier alpha value is -2.83. The molecular weight excluding hydrogens is 370 g/mol. The van der Waals surface area contributed by atoms with Gasteiger partial charge in [-0.3, -0.25) is 14.9 Å². The van der Waals surface area contributed by atoms with Gasteiger partial charge in [0.2, 0.25) is 11.8 Å². The molecule has 2 N–H and O–H groups in total. The molecule has 1 unspecified atom stereocenters. The fourth-order valence-corrected chi connectivity index (χ4v) is 3.55. The minimum Gasteiger partial charge on any atom is -0.444 e. The van der Waals surface area contributed by atoms with Crippen LogP contribution in [0.25, 0.3) is 5.57 Å². The number of piperidine rings is 1. The Balaban J connectivity index is 1.64. The molecule has 1 saturated heterocycles. The zero-order valence-corrected chi connectivity index (χ0v) is 17.5. The zero-order chi connectivity index (χ0) is 21.2. The van der Waals surface area contributed by atoms with Crippen LogP contribution in [-0.4, -0.2) is 47.5 Å². The summed E-state index contributed by atoms with van der Waals surface area (Å²) in [6, 6.07) is 5.61. The normalized spacial score (nSPS) is 20.1. The van der Waals surface area contributed by atoms with Crippen LogP contribution in [0.2, 0.25) is 0 Å². The first-order valence-corrected chi connectivity index (χ1v) is 10.0. The number of imide groups is 1. The molecule has 7 nitrogen and oxygen atoms in total. The van der Waals surface area contributed by atoms with E-state index in [0.717, 1.165) is 23.2 Å².